The van der Waals surface area contributed by atoms with Gasteiger partial charge in [0.2, 0.25) is 0 Å². The number of benzene rings is 1. The van der Waals surface area contributed by atoms with E-state index in [9.17, 15) is 14.7 Å². The van der Waals surface area contributed by atoms with Crippen LogP contribution in [0.1, 0.15) is 32.0 Å². The van der Waals surface area contributed by atoms with Gasteiger partial charge in [0.15, 0.2) is 16.6 Å². The summed E-state index contributed by atoms with van der Waals surface area (Å²) in [5, 5.41) is 9.59. The van der Waals surface area contributed by atoms with Crippen molar-refractivity contribution in [2.75, 3.05) is 6.26 Å². The fraction of sp³-hybridized carbons (Fsp3) is 0.200. The first-order valence-electron chi connectivity index (χ1n) is 6.25. The maximum absolute atomic E-state index is 12.3. The second-order valence-electron chi connectivity index (χ2n) is 4.45. The van der Waals surface area contributed by atoms with Crippen LogP contribution in [-0.2, 0) is 6.42 Å². The number of rotatable bonds is 5. The summed E-state index contributed by atoms with van der Waals surface area (Å²) in [5.41, 5.74) is 1.66. The quantitative estimate of drug-likeness (QED) is 0.519. The third kappa shape index (κ3) is 3.46. The Morgan fingerprint density at radius 3 is 2.62 bits per heavy atom. The van der Waals surface area contributed by atoms with Crippen LogP contribution in [-0.4, -0.2) is 33.1 Å². The van der Waals surface area contributed by atoms with Gasteiger partial charge in [0.05, 0.1) is 0 Å². The van der Waals surface area contributed by atoms with Gasteiger partial charge < -0.3 is 5.11 Å². The molecular formula is C15H14N2O3S. The van der Waals surface area contributed by atoms with E-state index in [1.807, 2.05) is 19.1 Å². The highest BCUT2D eigenvalue weighted by atomic mass is 32.2. The first-order valence-corrected chi connectivity index (χ1v) is 7.47. The molecule has 0 aliphatic carbocycles. The summed E-state index contributed by atoms with van der Waals surface area (Å²) in [4.78, 5) is 31.6. The minimum atomic E-state index is -1.15. The smallest absolute Gasteiger partial charge is 0.354 e. The number of carboxylic acid groups (broad SMARTS) is 1. The van der Waals surface area contributed by atoms with Crippen molar-refractivity contribution in [3.8, 4) is 0 Å². The third-order valence-electron chi connectivity index (χ3n) is 3.02. The van der Waals surface area contributed by atoms with E-state index in [0.717, 1.165) is 5.56 Å². The molecular weight excluding hydrogens is 288 g/mol. The van der Waals surface area contributed by atoms with Gasteiger partial charge in [0.25, 0.3) is 0 Å². The fourth-order valence-electron chi connectivity index (χ4n) is 1.96. The number of carbonyl (C=O) groups excluding carboxylic acids is 1. The Balaban J connectivity index is 2.33. The van der Waals surface area contributed by atoms with Gasteiger partial charge in [-0.1, -0.05) is 36.0 Å². The van der Waals surface area contributed by atoms with Crippen LogP contribution in [0.5, 0.6) is 0 Å². The molecule has 0 spiro atoms. The average Bonchev–Trinajstić information content (AvgIpc) is 2.47. The van der Waals surface area contributed by atoms with Crippen LogP contribution in [0.15, 0.2) is 35.6 Å². The largest absolute Gasteiger partial charge is 0.476 e. The summed E-state index contributed by atoms with van der Waals surface area (Å²) in [6.07, 6.45) is 3.15. The van der Waals surface area contributed by atoms with Crippen molar-refractivity contribution in [3.63, 3.8) is 0 Å². The lowest BCUT2D eigenvalue weighted by Gasteiger charge is -2.07. The number of Topliss-reactive ketones (excluding diaryl/α,β-unsaturated/α-hetero) is 1. The molecule has 2 aromatic rings. The highest BCUT2D eigenvalue weighted by Crippen LogP contribution is 2.16. The lowest BCUT2D eigenvalue weighted by Crippen LogP contribution is -2.13. The van der Waals surface area contributed by atoms with Crippen molar-refractivity contribution in [3.05, 3.63) is 52.8 Å². The van der Waals surface area contributed by atoms with Gasteiger partial charge in [0, 0.05) is 23.7 Å². The molecule has 0 saturated heterocycles. The first-order chi connectivity index (χ1) is 10.0. The molecule has 1 heterocycles. The van der Waals surface area contributed by atoms with E-state index < -0.39 is 5.97 Å². The maximum atomic E-state index is 12.3. The van der Waals surface area contributed by atoms with Gasteiger partial charge in [-0.15, -0.1) is 0 Å². The van der Waals surface area contributed by atoms with Crippen LogP contribution in [0.4, 0.5) is 0 Å². The number of ketones is 1. The molecule has 0 saturated carbocycles. The molecule has 6 heteroatoms. The molecule has 0 aliphatic heterocycles. The van der Waals surface area contributed by atoms with Crippen LogP contribution in [0.3, 0.4) is 0 Å². The molecule has 0 bridgehead atoms. The molecule has 1 N–H and O–H groups in total. The molecule has 0 amide bonds. The molecule has 0 unspecified atom stereocenters. The summed E-state index contributed by atoms with van der Waals surface area (Å²) in [5.74, 6) is -1.30. The molecule has 0 aliphatic rings. The predicted molar refractivity (Wildman–Crippen MR) is 80.0 cm³/mol. The van der Waals surface area contributed by atoms with Gasteiger partial charge in [-0.25, -0.2) is 14.8 Å². The van der Waals surface area contributed by atoms with Crippen molar-refractivity contribution >= 4 is 23.5 Å². The Kier molecular flexibility index (Phi) is 4.70. The molecule has 1 aromatic carbocycles. The molecule has 0 atom stereocenters. The number of hydrogen-bond donors (Lipinski definition) is 1. The van der Waals surface area contributed by atoms with Crippen molar-refractivity contribution in [2.24, 2.45) is 0 Å². The van der Waals surface area contributed by atoms with E-state index >= 15 is 0 Å². The van der Waals surface area contributed by atoms with Crippen molar-refractivity contribution < 1.29 is 14.7 Å². The van der Waals surface area contributed by atoms with E-state index in [0.29, 0.717) is 16.3 Å². The second kappa shape index (κ2) is 6.49. The van der Waals surface area contributed by atoms with Crippen LogP contribution in [0.2, 0.25) is 0 Å². The van der Waals surface area contributed by atoms with Crippen molar-refractivity contribution in [1.29, 1.82) is 0 Å². The second-order valence-corrected chi connectivity index (χ2v) is 5.22. The fourth-order valence-corrected chi connectivity index (χ4v) is 2.30. The van der Waals surface area contributed by atoms with E-state index in [1.165, 1.54) is 18.0 Å². The molecule has 2 rings (SSSR count). The van der Waals surface area contributed by atoms with Crippen LogP contribution < -0.4 is 0 Å². The molecule has 5 nitrogen and oxygen atoms in total. The van der Waals surface area contributed by atoms with Gasteiger partial charge in [-0.05, 0) is 18.7 Å². The summed E-state index contributed by atoms with van der Waals surface area (Å²) in [6, 6.07) is 7.21. The standard InChI is InChI=1S/C15H14N2O3S/c1-9-5-3-4-6-11(9)12(18)7-10-8-16-15(21-2)17-13(10)14(19)20/h3-6,8H,7H2,1-2H3,(H,19,20). The number of hydrogen-bond acceptors (Lipinski definition) is 5. The zero-order valence-corrected chi connectivity index (χ0v) is 12.5. The summed E-state index contributed by atoms with van der Waals surface area (Å²) in [6.45, 7) is 1.85. The van der Waals surface area contributed by atoms with Crippen LogP contribution in [0.25, 0.3) is 0 Å². The number of thioether (sulfide) groups is 1. The highest BCUT2D eigenvalue weighted by molar-refractivity contribution is 7.98. The molecule has 1 aromatic heterocycles. The SMILES string of the molecule is CSc1ncc(CC(=O)c2ccccc2C)c(C(=O)O)n1. The summed E-state index contributed by atoms with van der Waals surface area (Å²) in [7, 11) is 0. The molecule has 21 heavy (non-hydrogen) atoms. The van der Waals surface area contributed by atoms with Crippen molar-refractivity contribution in [1.82, 2.24) is 9.97 Å². The Bertz CT molecular complexity index is 701. The van der Waals surface area contributed by atoms with E-state index in [-0.39, 0.29) is 17.9 Å². The van der Waals surface area contributed by atoms with Crippen molar-refractivity contribution in [2.45, 2.75) is 18.5 Å². The number of aromatic carboxylic acids is 1. The molecule has 108 valence electrons. The van der Waals surface area contributed by atoms with E-state index in [1.54, 1.807) is 18.4 Å². The van der Waals surface area contributed by atoms with Gasteiger partial charge >= 0.3 is 5.97 Å². The normalized spacial score (nSPS) is 10.4. The van der Waals surface area contributed by atoms with Crippen LogP contribution in [0, 0.1) is 6.92 Å². The lowest BCUT2D eigenvalue weighted by molar-refractivity contribution is 0.0688. The predicted octanol–water partition coefficient (Wildman–Crippen LogP) is 2.63. The average molecular weight is 302 g/mol. The summed E-state index contributed by atoms with van der Waals surface area (Å²) >= 11 is 1.26. The maximum Gasteiger partial charge on any atom is 0.354 e. The zero-order valence-electron chi connectivity index (χ0n) is 11.7. The number of carboxylic acids is 1. The van der Waals surface area contributed by atoms with E-state index in [4.69, 9.17) is 0 Å². The van der Waals surface area contributed by atoms with Gasteiger partial charge in [-0.2, -0.15) is 0 Å². The monoisotopic (exact) mass is 302 g/mol. The Morgan fingerprint density at radius 1 is 1.29 bits per heavy atom. The van der Waals surface area contributed by atoms with Gasteiger partial charge in [0.1, 0.15) is 0 Å². The van der Waals surface area contributed by atoms with E-state index in [2.05, 4.69) is 9.97 Å². The number of nitrogens with zero attached hydrogens (tertiary/aromatic N) is 2. The minimum absolute atomic E-state index is 0.0266. The molecule has 0 fully saturated rings. The third-order valence-corrected chi connectivity index (χ3v) is 3.59. The first kappa shape index (κ1) is 15.2. The Hall–Kier alpha value is -2.21. The number of aryl methyl sites for hydroxylation is 1. The van der Waals surface area contributed by atoms with Gasteiger partial charge in [-0.3, -0.25) is 4.79 Å². The summed E-state index contributed by atoms with van der Waals surface area (Å²) < 4.78 is 0. The Morgan fingerprint density at radius 2 is 2.00 bits per heavy atom. The Labute approximate surface area is 126 Å². The zero-order chi connectivity index (χ0) is 15.4. The minimum Gasteiger partial charge on any atom is -0.476 e. The molecule has 0 radical (unpaired) electrons. The van der Waals surface area contributed by atoms with Crippen LogP contribution >= 0.6 is 11.8 Å². The number of aromatic nitrogens is 2. The number of carbonyl (C=O) groups is 2. The highest BCUT2D eigenvalue weighted by Gasteiger charge is 2.18. The topological polar surface area (TPSA) is 80.2 Å². The lowest BCUT2D eigenvalue weighted by atomic mass is 9.99.